The summed E-state index contributed by atoms with van der Waals surface area (Å²) in [6, 6.07) is 4.06. The molecule has 7 nitrogen and oxygen atoms in total. The minimum Gasteiger partial charge on any atom is -0.354 e. The third kappa shape index (κ3) is 3.44. The lowest BCUT2D eigenvalue weighted by atomic mass is 9.78. The highest BCUT2D eigenvalue weighted by atomic mass is 16.1. The van der Waals surface area contributed by atoms with Crippen molar-refractivity contribution < 1.29 is 4.79 Å². The van der Waals surface area contributed by atoms with E-state index in [1.807, 2.05) is 18.5 Å². The SMILES string of the molecule is CC1c2cn[nH]c2CCC1C(=O)NCc1ccnc(N2CCNCC2)c1. The zero-order valence-electron chi connectivity index (χ0n) is 15.2. The normalized spacial score (nSPS) is 22.7. The molecule has 1 aliphatic heterocycles. The molecular formula is C19H26N6O. The van der Waals surface area contributed by atoms with Crippen LogP contribution >= 0.6 is 0 Å². The Morgan fingerprint density at radius 2 is 2.23 bits per heavy atom. The van der Waals surface area contributed by atoms with E-state index in [-0.39, 0.29) is 17.7 Å². The number of aromatic nitrogens is 3. The van der Waals surface area contributed by atoms with Gasteiger partial charge in [0.1, 0.15) is 5.82 Å². The Morgan fingerprint density at radius 1 is 1.38 bits per heavy atom. The lowest BCUT2D eigenvalue weighted by Crippen LogP contribution is -2.43. The van der Waals surface area contributed by atoms with E-state index in [4.69, 9.17) is 0 Å². The Labute approximate surface area is 153 Å². The highest BCUT2D eigenvalue weighted by molar-refractivity contribution is 5.80. The predicted octanol–water partition coefficient (Wildman–Crippen LogP) is 1.20. The van der Waals surface area contributed by atoms with E-state index in [1.54, 1.807) is 0 Å². The predicted molar refractivity (Wildman–Crippen MR) is 100.0 cm³/mol. The molecule has 1 amide bonds. The molecule has 0 aromatic carbocycles. The van der Waals surface area contributed by atoms with Gasteiger partial charge >= 0.3 is 0 Å². The van der Waals surface area contributed by atoms with Crippen LogP contribution in [0.15, 0.2) is 24.5 Å². The number of amides is 1. The molecule has 3 heterocycles. The van der Waals surface area contributed by atoms with Gasteiger partial charge in [0.15, 0.2) is 0 Å². The number of fused-ring (bicyclic) bond motifs is 1. The summed E-state index contributed by atoms with van der Waals surface area (Å²) in [5.74, 6) is 1.33. The van der Waals surface area contributed by atoms with Gasteiger partial charge in [-0.05, 0) is 42.0 Å². The molecule has 26 heavy (non-hydrogen) atoms. The van der Waals surface area contributed by atoms with E-state index in [1.165, 1.54) is 11.3 Å². The number of carbonyl (C=O) groups is 1. The Balaban J connectivity index is 1.37. The van der Waals surface area contributed by atoms with Crippen LogP contribution in [0.3, 0.4) is 0 Å². The molecule has 1 aliphatic carbocycles. The van der Waals surface area contributed by atoms with Crippen molar-refractivity contribution in [1.82, 2.24) is 25.8 Å². The number of nitrogens with zero attached hydrogens (tertiary/aromatic N) is 3. The molecule has 0 spiro atoms. The molecule has 3 N–H and O–H groups in total. The van der Waals surface area contributed by atoms with Gasteiger partial charge in [-0.1, -0.05) is 6.92 Å². The van der Waals surface area contributed by atoms with E-state index >= 15 is 0 Å². The molecule has 0 bridgehead atoms. The van der Waals surface area contributed by atoms with Crippen LogP contribution in [0.1, 0.15) is 36.1 Å². The number of nitrogens with one attached hydrogen (secondary N) is 3. The number of carbonyl (C=O) groups excluding carboxylic acids is 1. The molecule has 1 fully saturated rings. The van der Waals surface area contributed by atoms with Gasteiger partial charge in [-0.15, -0.1) is 0 Å². The van der Waals surface area contributed by atoms with Gasteiger partial charge in [0, 0.05) is 50.5 Å². The Morgan fingerprint density at radius 3 is 3.08 bits per heavy atom. The molecule has 2 unspecified atom stereocenters. The van der Waals surface area contributed by atoms with Crippen molar-refractivity contribution in [2.75, 3.05) is 31.1 Å². The maximum absolute atomic E-state index is 12.7. The maximum atomic E-state index is 12.7. The zero-order valence-corrected chi connectivity index (χ0v) is 15.2. The smallest absolute Gasteiger partial charge is 0.223 e. The minimum atomic E-state index is 0.00887. The summed E-state index contributed by atoms with van der Waals surface area (Å²) < 4.78 is 0. The number of pyridine rings is 1. The van der Waals surface area contributed by atoms with E-state index < -0.39 is 0 Å². The first-order chi connectivity index (χ1) is 12.7. The van der Waals surface area contributed by atoms with Crippen molar-refractivity contribution in [3.8, 4) is 0 Å². The second-order valence-electron chi connectivity index (χ2n) is 7.21. The van der Waals surface area contributed by atoms with Crippen molar-refractivity contribution in [3.63, 3.8) is 0 Å². The molecule has 2 atom stereocenters. The number of hydrogen-bond donors (Lipinski definition) is 3. The molecule has 1 saturated heterocycles. The van der Waals surface area contributed by atoms with E-state index in [0.717, 1.165) is 50.4 Å². The van der Waals surface area contributed by atoms with E-state index in [0.29, 0.717) is 6.54 Å². The van der Waals surface area contributed by atoms with Crippen LogP contribution in [0.4, 0.5) is 5.82 Å². The fraction of sp³-hybridized carbons (Fsp3) is 0.526. The lowest BCUT2D eigenvalue weighted by Gasteiger charge is -2.29. The second kappa shape index (κ2) is 7.45. The average Bonchev–Trinajstić information content (AvgIpc) is 3.17. The number of aryl methyl sites for hydroxylation is 1. The van der Waals surface area contributed by atoms with Gasteiger partial charge in [-0.2, -0.15) is 5.10 Å². The van der Waals surface area contributed by atoms with E-state index in [9.17, 15) is 4.79 Å². The summed E-state index contributed by atoms with van der Waals surface area (Å²) in [5.41, 5.74) is 3.45. The monoisotopic (exact) mass is 354 g/mol. The van der Waals surface area contributed by atoms with Crippen LogP contribution in [0.5, 0.6) is 0 Å². The Hall–Kier alpha value is -2.41. The number of H-pyrrole nitrogens is 1. The standard InChI is InChI=1S/C19H26N6O/c1-13-15(2-3-17-16(13)12-23-24-17)19(26)22-11-14-4-5-21-18(10-14)25-8-6-20-7-9-25/h4-5,10,12-13,15,20H,2-3,6-9,11H2,1H3,(H,22,26)(H,23,24). The third-order valence-electron chi connectivity index (χ3n) is 5.61. The van der Waals surface area contributed by atoms with Gasteiger partial charge in [0.25, 0.3) is 0 Å². The number of anilines is 1. The van der Waals surface area contributed by atoms with Gasteiger partial charge in [-0.25, -0.2) is 4.98 Å². The highest BCUT2D eigenvalue weighted by Gasteiger charge is 2.32. The second-order valence-corrected chi connectivity index (χ2v) is 7.21. The number of aromatic amines is 1. The first kappa shape index (κ1) is 17.0. The maximum Gasteiger partial charge on any atom is 0.223 e. The van der Waals surface area contributed by atoms with Crippen molar-refractivity contribution in [2.24, 2.45) is 5.92 Å². The first-order valence-electron chi connectivity index (χ1n) is 9.43. The summed E-state index contributed by atoms with van der Waals surface area (Å²) in [6.45, 7) is 6.57. The van der Waals surface area contributed by atoms with Crippen LogP contribution in [-0.4, -0.2) is 47.3 Å². The first-order valence-corrected chi connectivity index (χ1v) is 9.43. The molecule has 2 aromatic heterocycles. The van der Waals surface area contributed by atoms with Crippen molar-refractivity contribution >= 4 is 11.7 Å². The molecule has 7 heteroatoms. The molecular weight excluding hydrogens is 328 g/mol. The summed E-state index contributed by atoms with van der Waals surface area (Å²) in [7, 11) is 0. The number of rotatable bonds is 4. The van der Waals surface area contributed by atoms with Crippen LogP contribution in [0, 0.1) is 5.92 Å². The van der Waals surface area contributed by atoms with Gasteiger partial charge in [-0.3, -0.25) is 9.89 Å². The average molecular weight is 354 g/mol. The molecule has 2 aliphatic rings. The summed E-state index contributed by atoms with van der Waals surface area (Å²) in [6.07, 6.45) is 5.45. The van der Waals surface area contributed by atoms with Crippen LogP contribution in [-0.2, 0) is 17.8 Å². The van der Waals surface area contributed by atoms with Crippen LogP contribution < -0.4 is 15.5 Å². The van der Waals surface area contributed by atoms with Crippen LogP contribution in [0.2, 0.25) is 0 Å². The van der Waals surface area contributed by atoms with Gasteiger partial charge in [0.2, 0.25) is 5.91 Å². The van der Waals surface area contributed by atoms with Gasteiger partial charge in [0.05, 0.1) is 6.20 Å². The largest absolute Gasteiger partial charge is 0.354 e. The Kier molecular flexibility index (Phi) is 4.88. The third-order valence-corrected chi connectivity index (χ3v) is 5.61. The summed E-state index contributed by atoms with van der Waals surface area (Å²) in [5, 5.41) is 13.6. The molecule has 138 valence electrons. The lowest BCUT2D eigenvalue weighted by molar-refractivity contribution is -0.126. The highest BCUT2D eigenvalue weighted by Crippen LogP contribution is 2.34. The fourth-order valence-corrected chi connectivity index (χ4v) is 4.00. The number of hydrogen-bond acceptors (Lipinski definition) is 5. The van der Waals surface area contributed by atoms with Gasteiger partial charge < -0.3 is 15.5 Å². The quantitative estimate of drug-likeness (QED) is 0.768. The molecule has 4 rings (SSSR count). The fourth-order valence-electron chi connectivity index (χ4n) is 4.00. The molecule has 2 aromatic rings. The van der Waals surface area contributed by atoms with E-state index in [2.05, 4.69) is 43.7 Å². The zero-order chi connectivity index (χ0) is 17.9. The summed E-state index contributed by atoms with van der Waals surface area (Å²) >= 11 is 0. The molecule has 0 radical (unpaired) electrons. The van der Waals surface area contributed by atoms with Crippen LogP contribution in [0.25, 0.3) is 0 Å². The summed E-state index contributed by atoms with van der Waals surface area (Å²) in [4.78, 5) is 19.5. The van der Waals surface area contributed by atoms with Crippen molar-refractivity contribution in [3.05, 3.63) is 41.3 Å². The Bertz CT molecular complexity index is 767. The van der Waals surface area contributed by atoms with Crippen molar-refractivity contribution in [2.45, 2.75) is 32.2 Å². The minimum absolute atomic E-state index is 0.00887. The van der Waals surface area contributed by atoms with Crippen molar-refractivity contribution in [1.29, 1.82) is 0 Å². The topological polar surface area (TPSA) is 85.9 Å². The molecule has 0 saturated carbocycles. The number of piperazine rings is 1.